The summed E-state index contributed by atoms with van der Waals surface area (Å²) in [4.78, 5) is 0. The number of aliphatic hydroxyl groups is 1. The summed E-state index contributed by atoms with van der Waals surface area (Å²) in [6.45, 7) is 0. The molecule has 19 heavy (non-hydrogen) atoms. The third-order valence-electron chi connectivity index (χ3n) is 2.76. The summed E-state index contributed by atoms with van der Waals surface area (Å²) >= 11 is 0. The van der Waals surface area contributed by atoms with Gasteiger partial charge in [0.2, 0.25) is 0 Å². The van der Waals surface area contributed by atoms with Crippen molar-refractivity contribution in [2.45, 2.75) is 12.5 Å². The van der Waals surface area contributed by atoms with Crippen LogP contribution in [0.5, 0.6) is 0 Å². The Hall–Kier alpha value is -1.88. The van der Waals surface area contributed by atoms with Crippen molar-refractivity contribution in [3.63, 3.8) is 0 Å². The number of aliphatic hydroxyl groups excluding tert-OH is 1. The van der Waals surface area contributed by atoms with E-state index in [1.165, 1.54) is 18.2 Å². The zero-order valence-corrected chi connectivity index (χ0v) is 9.71. The highest BCUT2D eigenvalue weighted by molar-refractivity contribution is 5.25. The van der Waals surface area contributed by atoms with Crippen LogP contribution in [0.25, 0.3) is 0 Å². The molecule has 0 aromatic heterocycles. The molecule has 0 spiro atoms. The lowest BCUT2D eigenvalue weighted by atomic mass is 10.0. The first-order valence-corrected chi connectivity index (χ1v) is 5.55. The molecule has 0 saturated heterocycles. The second-order valence-electron chi connectivity index (χ2n) is 4.11. The molecule has 0 aliphatic carbocycles. The summed E-state index contributed by atoms with van der Waals surface area (Å²) in [6.07, 6.45) is -1.47. The van der Waals surface area contributed by atoms with Gasteiger partial charge in [-0.05, 0) is 29.3 Å². The second kappa shape index (κ2) is 5.40. The van der Waals surface area contributed by atoms with Crippen LogP contribution in [0.4, 0.5) is 17.6 Å². The fraction of sp³-hybridized carbons (Fsp3) is 0.143. The Morgan fingerprint density at radius 1 is 0.895 bits per heavy atom. The summed E-state index contributed by atoms with van der Waals surface area (Å²) in [5, 5.41) is 9.82. The molecule has 2 aromatic rings. The molecule has 0 radical (unpaired) electrons. The first-order chi connectivity index (χ1) is 8.99. The Morgan fingerprint density at radius 2 is 1.47 bits per heavy atom. The van der Waals surface area contributed by atoms with E-state index in [9.17, 15) is 22.7 Å². The quantitative estimate of drug-likeness (QED) is 0.668. The first-order valence-electron chi connectivity index (χ1n) is 5.55. The number of hydrogen-bond acceptors (Lipinski definition) is 1. The summed E-state index contributed by atoms with van der Waals surface area (Å²) in [7, 11) is 0. The summed E-state index contributed by atoms with van der Waals surface area (Å²) in [5.74, 6) is -4.89. The lowest BCUT2D eigenvalue weighted by molar-refractivity contribution is 0.175. The molecule has 2 rings (SSSR count). The van der Waals surface area contributed by atoms with Gasteiger partial charge in [0.15, 0.2) is 17.5 Å². The van der Waals surface area contributed by atoms with Crippen LogP contribution in [0.1, 0.15) is 17.2 Å². The van der Waals surface area contributed by atoms with E-state index >= 15 is 0 Å². The van der Waals surface area contributed by atoms with Gasteiger partial charge in [-0.2, -0.15) is 0 Å². The van der Waals surface area contributed by atoms with Crippen molar-refractivity contribution in [2.75, 3.05) is 0 Å². The van der Waals surface area contributed by atoms with Crippen LogP contribution < -0.4 is 0 Å². The topological polar surface area (TPSA) is 20.2 Å². The van der Waals surface area contributed by atoms with Gasteiger partial charge in [0.05, 0.1) is 6.10 Å². The molecule has 0 aliphatic rings. The van der Waals surface area contributed by atoms with Crippen LogP contribution in [-0.2, 0) is 6.42 Å². The first kappa shape index (κ1) is 13.5. The lowest BCUT2D eigenvalue weighted by Gasteiger charge is -2.12. The largest absolute Gasteiger partial charge is 0.388 e. The van der Waals surface area contributed by atoms with E-state index in [1.807, 2.05) is 0 Å². The maximum absolute atomic E-state index is 13.4. The predicted octanol–water partition coefficient (Wildman–Crippen LogP) is 3.52. The third kappa shape index (κ3) is 2.93. The van der Waals surface area contributed by atoms with Crippen LogP contribution in [0, 0.1) is 23.3 Å². The minimum absolute atomic E-state index is 0.139. The molecule has 1 atom stereocenters. The van der Waals surface area contributed by atoms with Crippen LogP contribution in [-0.4, -0.2) is 5.11 Å². The van der Waals surface area contributed by atoms with Gasteiger partial charge in [-0.25, -0.2) is 17.6 Å². The molecule has 0 amide bonds. The normalized spacial score (nSPS) is 12.5. The highest BCUT2D eigenvalue weighted by atomic mass is 19.2. The van der Waals surface area contributed by atoms with Crippen LogP contribution >= 0.6 is 0 Å². The molecule has 1 N–H and O–H groups in total. The summed E-state index contributed by atoms with van der Waals surface area (Å²) < 4.78 is 52.2. The van der Waals surface area contributed by atoms with Gasteiger partial charge in [-0.3, -0.25) is 0 Å². The Kier molecular flexibility index (Phi) is 3.85. The van der Waals surface area contributed by atoms with E-state index in [0.29, 0.717) is 12.1 Å². The number of rotatable bonds is 3. The minimum atomic E-state index is -1.60. The maximum atomic E-state index is 13.4. The number of halogens is 4. The van der Waals surface area contributed by atoms with E-state index in [1.54, 1.807) is 6.07 Å². The Labute approximate surface area is 107 Å². The van der Waals surface area contributed by atoms with Crippen molar-refractivity contribution >= 4 is 0 Å². The Balaban J connectivity index is 2.26. The molecule has 0 aliphatic heterocycles. The van der Waals surface area contributed by atoms with Gasteiger partial charge in [0.1, 0.15) is 5.82 Å². The molecular formula is C14H10F4O. The van der Waals surface area contributed by atoms with Gasteiger partial charge in [-0.1, -0.05) is 18.2 Å². The molecule has 5 heteroatoms. The van der Waals surface area contributed by atoms with Crippen LogP contribution in [0.2, 0.25) is 0 Å². The molecule has 1 unspecified atom stereocenters. The van der Waals surface area contributed by atoms with E-state index in [-0.39, 0.29) is 17.5 Å². The van der Waals surface area contributed by atoms with Gasteiger partial charge in [0.25, 0.3) is 0 Å². The predicted molar refractivity (Wildman–Crippen MR) is 61.4 cm³/mol. The fourth-order valence-electron chi connectivity index (χ4n) is 1.76. The molecule has 0 bridgehead atoms. The van der Waals surface area contributed by atoms with Crippen molar-refractivity contribution in [1.29, 1.82) is 0 Å². The van der Waals surface area contributed by atoms with Crippen molar-refractivity contribution in [3.05, 3.63) is 70.8 Å². The molecule has 0 fully saturated rings. The van der Waals surface area contributed by atoms with Gasteiger partial charge >= 0.3 is 0 Å². The van der Waals surface area contributed by atoms with Crippen molar-refractivity contribution in [3.8, 4) is 0 Å². The van der Waals surface area contributed by atoms with Crippen molar-refractivity contribution < 1.29 is 22.7 Å². The monoisotopic (exact) mass is 270 g/mol. The lowest BCUT2D eigenvalue weighted by Crippen LogP contribution is -2.06. The zero-order chi connectivity index (χ0) is 14.0. The Bertz CT molecular complexity index is 575. The zero-order valence-electron chi connectivity index (χ0n) is 9.71. The average molecular weight is 270 g/mol. The molecular weight excluding hydrogens is 260 g/mol. The maximum Gasteiger partial charge on any atom is 0.194 e. The minimum Gasteiger partial charge on any atom is -0.388 e. The van der Waals surface area contributed by atoms with Crippen LogP contribution in [0.3, 0.4) is 0 Å². The standard InChI is InChI=1S/C14H10F4O/c15-10-4-2-1-3-8(10)7-13(19)9-5-11(16)14(18)12(17)6-9/h1-6,13,19H,7H2. The number of hydrogen-bond donors (Lipinski definition) is 1. The molecule has 0 saturated carbocycles. The van der Waals surface area contributed by atoms with E-state index < -0.39 is 29.4 Å². The SMILES string of the molecule is OC(Cc1ccccc1F)c1cc(F)c(F)c(F)c1. The second-order valence-corrected chi connectivity index (χ2v) is 4.11. The molecule has 0 heterocycles. The highest BCUT2D eigenvalue weighted by Crippen LogP contribution is 2.23. The fourth-order valence-corrected chi connectivity index (χ4v) is 1.76. The van der Waals surface area contributed by atoms with Gasteiger partial charge in [-0.15, -0.1) is 0 Å². The van der Waals surface area contributed by atoms with Gasteiger partial charge < -0.3 is 5.11 Å². The van der Waals surface area contributed by atoms with E-state index in [2.05, 4.69) is 0 Å². The molecule has 1 nitrogen and oxygen atoms in total. The third-order valence-corrected chi connectivity index (χ3v) is 2.76. The Morgan fingerprint density at radius 3 is 2.05 bits per heavy atom. The van der Waals surface area contributed by atoms with Crippen molar-refractivity contribution in [1.82, 2.24) is 0 Å². The number of benzene rings is 2. The molecule has 2 aromatic carbocycles. The summed E-state index contributed by atoms with van der Waals surface area (Å²) in [6, 6.07) is 7.13. The average Bonchev–Trinajstić information content (AvgIpc) is 2.38. The summed E-state index contributed by atoms with van der Waals surface area (Å²) in [5.41, 5.74) is 0.0693. The van der Waals surface area contributed by atoms with E-state index in [4.69, 9.17) is 0 Å². The van der Waals surface area contributed by atoms with Crippen molar-refractivity contribution in [2.24, 2.45) is 0 Å². The van der Waals surface area contributed by atoms with Gasteiger partial charge in [0, 0.05) is 6.42 Å². The van der Waals surface area contributed by atoms with Crippen LogP contribution in [0.15, 0.2) is 36.4 Å². The van der Waals surface area contributed by atoms with E-state index in [0.717, 1.165) is 0 Å². The smallest absolute Gasteiger partial charge is 0.194 e. The highest BCUT2D eigenvalue weighted by Gasteiger charge is 2.17. The molecule has 100 valence electrons.